The van der Waals surface area contributed by atoms with Gasteiger partial charge < -0.3 is 9.47 Å². The standard InChI is InChI=1S/C23H29N3O6S/c1-26(18-7-5-4-6-8-18)33(29,30)19-12-9-16(10-13-19)22(27)24-25-23(28)17-11-14-20(31-2)21(15-17)32-3/h9-15,18H,4-8H2,1-3H3,(H,24,27)(H,25,28). The van der Waals surface area contributed by atoms with E-state index >= 15 is 0 Å². The van der Waals surface area contributed by atoms with Crippen LogP contribution in [0.4, 0.5) is 0 Å². The Morgan fingerprint density at radius 1 is 0.848 bits per heavy atom. The molecule has 2 aromatic carbocycles. The summed E-state index contributed by atoms with van der Waals surface area (Å²) in [4.78, 5) is 24.9. The molecule has 33 heavy (non-hydrogen) atoms. The molecule has 0 saturated heterocycles. The SMILES string of the molecule is COc1ccc(C(=O)NNC(=O)c2ccc(S(=O)(=O)N(C)C3CCCCC3)cc2)cc1OC. The minimum Gasteiger partial charge on any atom is -0.493 e. The van der Waals surface area contributed by atoms with Crippen molar-refractivity contribution in [3.8, 4) is 11.5 Å². The van der Waals surface area contributed by atoms with Crippen LogP contribution in [0.3, 0.4) is 0 Å². The number of nitrogens with zero attached hydrogens (tertiary/aromatic N) is 1. The molecule has 10 heteroatoms. The number of rotatable bonds is 7. The van der Waals surface area contributed by atoms with Gasteiger partial charge in [-0.15, -0.1) is 0 Å². The maximum Gasteiger partial charge on any atom is 0.269 e. The van der Waals surface area contributed by atoms with Crippen molar-refractivity contribution in [1.29, 1.82) is 0 Å². The number of hydrogen-bond donors (Lipinski definition) is 2. The average Bonchev–Trinajstić information content (AvgIpc) is 2.86. The lowest BCUT2D eigenvalue weighted by atomic mass is 9.96. The van der Waals surface area contributed by atoms with Crippen LogP contribution in [0, 0.1) is 0 Å². The Labute approximate surface area is 194 Å². The number of hydrazine groups is 1. The molecule has 0 radical (unpaired) electrons. The summed E-state index contributed by atoms with van der Waals surface area (Å²) in [5, 5.41) is 0. The van der Waals surface area contributed by atoms with Crippen LogP contribution in [0.2, 0.25) is 0 Å². The number of carbonyl (C=O) groups is 2. The molecule has 0 atom stereocenters. The van der Waals surface area contributed by atoms with Crippen LogP contribution in [0.5, 0.6) is 11.5 Å². The third-order valence-corrected chi connectivity index (χ3v) is 7.74. The molecule has 0 spiro atoms. The van der Waals surface area contributed by atoms with E-state index in [1.165, 1.54) is 54.9 Å². The van der Waals surface area contributed by atoms with Crippen LogP contribution in [-0.2, 0) is 10.0 Å². The van der Waals surface area contributed by atoms with E-state index in [9.17, 15) is 18.0 Å². The molecule has 2 amide bonds. The molecule has 0 bridgehead atoms. The van der Waals surface area contributed by atoms with Crippen molar-refractivity contribution in [2.24, 2.45) is 0 Å². The zero-order chi connectivity index (χ0) is 24.0. The van der Waals surface area contributed by atoms with E-state index in [4.69, 9.17) is 9.47 Å². The van der Waals surface area contributed by atoms with Crippen LogP contribution in [0.25, 0.3) is 0 Å². The molecule has 2 N–H and O–H groups in total. The Morgan fingerprint density at radius 3 is 1.97 bits per heavy atom. The van der Waals surface area contributed by atoms with Gasteiger partial charge in [-0.2, -0.15) is 4.31 Å². The van der Waals surface area contributed by atoms with E-state index in [0.717, 1.165) is 32.1 Å². The molecule has 1 aliphatic carbocycles. The maximum atomic E-state index is 12.9. The fourth-order valence-electron chi connectivity index (χ4n) is 3.82. The van der Waals surface area contributed by atoms with E-state index in [0.29, 0.717) is 11.5 Å². The summed E-state index contributed by atoms with van der Waals surface area (Å²) in [7, 11) is 0.906. The molecule has 1 fully saturated rings. The molecule has 1 aliphatic rings. The van der Waals surface area contributed by atoms with Crippen molar-refractivity contribution >= 4 is 21.8 Å². The third kappa shape index (κ3) is 5.63. The fourth-order valence-corrected chi connectivity index (χ4v) is 5.24. The molecule has 178 valence electrons. The number of ether oxygens (including phenoxy) is 2. The van der Waals surface area contributed by atoms with Crippen LogP contribution in [0.1, 0.15) is 52.8 Å². The monoisotopic (exact) mass is 475 g/mol. The molecular formula is C23H29N3O6S. The fraction of sp³-hybridized carbons (Fsp3) is 0.391. The summed E-state index contributed by atoms with van der Waals surface area (Å²) < 4.78 is 37.6. The lowest BCUT2D eigenvalue weighted by Gasteiger charge is -2.30. The van der Waals surface area contributed by atoms with Crippen molar-refractivity contribution in [3.05, 3.63) is 53.6 Å². The Kier molecular flexibility index (Phi) is 7.93. The second kappa shape index (κ2) is 10.7. The smallest absolute Gasteiger partial charge is 0.269 e. The predicted octanol–water partition coefficient (Wildman–Crippen LogP) is 2.73. The number of hydrogen-bond acceptors (Lipinski definition) is 6. The average molecular weight is 476 g/mol. The predicted molar refractivity (Wildman–Crippen MR) is 123 cm³/mol. The highest BCUT2D eigenvalue weighted by Gasteiger charge is 2.29. The molecular weight excluding hydrogens is 446 g/mol. The van der Waals surface area contributed by atoms with Gasteiger partial charge in [-0.25, -0.2) is 8.42 Å². The first-order valence-corrected chi connectivity index (χ1v) is 12.1. The summed E-state index contributed by atoms with van der Waals surface area (Å²) in [5.74, 6) is -0.264. The van der Waals surface area contributed by atoms with Crippen molar-refractivity contribution in [3.63, 3.8) is 0 Å². The topological polar surface area (TPSA) is 114 Å². The zero-order valence-corrected chi connectivity index (χ0v) is 19.8. The van der Waals surface area contributed by atoms with Crippen molar-refractivity contribution in [2.45, 2.75) is 43.0 Å². The second-order valence-corrected chi connectivity index (χ2v) is 9.81. The van der Waals surface area contributed by atoms with Gasteiger partial charge in [0.2, 0.25) is 10.0 Å². The molecule has 3 rings (SSSR count). The molecule has 0 aliphatic heterocycles. The van der Waals surface area contributed by atoms with Gasteiger partial charge in [-0.1, -0.05) is 19.3 Å². The lowest BCUT2D eigenvalue weighted by Crippen LogP contribution is -2.41. The lowest BCUT2D eigenvalue weighted by molar-refractivity contribution is 0.0846. The van der Waals surface area contributed by atoms with E-state index in [-0.39, 0.29) is 22.1 Å². The van der Waals surface area contributed by atoms with Crippen LogP contribution >= 0.6 is 0 Å². The number of benzene rings is 2. The first-order chi connectivity index (χ1) is 15.8. The van der Waals surface area contributed by atoms with Crippen molar-refractivity contribution in [2.75, 3.05) is 21.3 Å². The van der Waals surface area contributed by atoms with Crippen LogP contribution in [-0.4, -0.2) is 51.8 Å². The van der Waals surface area contributed by atoms with E-state index in [1.54, 1.807) is 13.1 Å². The van der Waals surface area contributed by atoms with Crippen molar-refractivity contribution < 1.29 is 27.5 Å². The number of nitrogens with one attached hydrogen (secondary N) is 2. The van der Waals surface area contributed by atoms with Gasteiger partial charge in [0.1, 0.15) is 0 Å². The minimum atomic E-state index is -3.65. The molecule has 1 saturated carbocycles. The quantitative estimate of drug-likeness (QED) is 0.595. The summed E-state index contributed by atoms with van der Waals surface area (Å²) in [6.07, 6.45) is 4.90. The number of amides is 2. The largest absolute Gasteiger partial charge is 0.493 e. The van der Waals surface area contributed by atoms with Crippen molar-refractivity contribution in [1.82, 2.24) is 15.2 Å². The number of carbonyl (C=O) groups excluding carboxylic acids is 2. The van der Waals surface area contributed by atoms with Gasteiger partial charge >= 0.3 is 0 Å². The first-order valence-electron chi connectivity index (χ1n) is 10.7. The van der Waals surface area contributed by atoms with E-state index in [1.807, 2.05) is 0 Å². The maximum absolute atomic E-state index is 12.9. The van der Waals surface area contributed by atoms with Crippen LogP contribution < -0.4 is 20.3 Å². The van der Waals surface area contributed by atoms with E-state index < -0.39 is 21.8 Å². The highest BCUT2D eigenvalue weighted by atomic mass is 32.2. The Morgan fingerprint density at radius 2 is 1.39 bits per heavy atom. The van der Waals surface area contributed by atoms with Gasteiger partial charge in [-0.3, -0.25) is 20.4 Å². The molecule has 9 nitrogen and oxygen atoms in total. The second-order valence-electron chi connectivity index (χ2n) is 7.82. The molecule has 0 unspecified atom stereocenters. The summed E-state index contributed by atoms with van der Waals surface area (Å²) in [6, 6.07) is 10.2. The first kappa shape index (κ1) is 24.5. The number of methoxy groups -OCH3 is 2. The Balaban J connectivity index is 1.62. The Bertz CT molecular complexity index is 1100. The Hall–Kier alpha value is -3.11. The summed E-state index contributed by atoms with van der Waals surface area (Å²) in [6.45, 7) is 0. The third-order valence-electron chi connectivity index (χ3n) is 5.82. The van der Waals surface area contributed by atoms with E-state index in [2.05, 4.69) is 10.9 Å². The summed E-state index contributed by atoms with van der Waals surface area (Å²) in [5.41, 5.74) is 5.13. The number of sulfonamides is 1. The highest BCUT2D eigenvalue weighted by Crippen LogP contribution is 2.28. The van der Waals surface area contributed by atoms with Gasteiger partial charge in [0.25, 0.3) is 11.8 Å². The van der Waals surface area contributed by atoms with Gasteiger partial charge in [0.05, 0.1) is 19.1 Å². The van der Waals surface area contributed by atoms with Crippen LogP contribution in [0.15, 0.2) is 47.4 Å². The molecule has 0 aromatic heterocycles. The normalized spacial score (nSPS) is 14.5. The van der Waals surface area contributed by atoms with Gasteiger partial charge in [-0.05, 0) is 55.3 Å². The minimum absolute atomic E-state index is 0.00137. The van der Waals surface area contributed by atoms with Gasteiger partial charge in [0, 0.05) is 24.2 Å². The van der Waals surface area contributed by atoms with Gasteiger partial charge in [0.15, 0.2) is 11.5 Å². The molecule has 2 aromatic rings. The molecule has 0 heterocycles. The highest BCUT2D eigenvalue weighted by molar-refractivity contribution is 7.89. The summed E-state index contributed by atoms with van der Waals surface area (Å²) >= 11 is 0. The zero-order valence-electron chi connectivity index (χ0n) is 19.0.